The second-order valence-electron chi connectivity index (χ2n) is 16.3. The van der Waals surface area contributed by atoms with Gasteiger partial charge >= 0.3 is 17.9 Å². The van der Waals surface area contributed by atoms with Gasteiger partial charge in [0.15, 0.2) is 6.10 Å². The van der Waals surface area contributed by atoms with Crippen molar-refractivity contribution in [2.75, 3.05) is 13.2 Å². The minimum absolute atomic E-state index is 0.0638. The maximum absolute atomic E-state index is 12.7. The Morgan fingerprint density at radius 2 is 0.660 bits per heavy atom. The molecule has 6 nitrogen and oxygen atoms in total. The molecular weight excluding hydrogens is 661 g/mol. The van der Waals surface area contributed by atoms with Gasteiger partial charge in [0.05, 0.1) is 0 Å². The van der Waals surface area contributed by atoms with Crippen LogP contribution in [-0.2, 0) is 28.6 Å². The molecule has 0 aliphatic carbocycles. The Kier molecular flexibility index (Phi) is 40.3. The van der Waals surface area contributed by atoms with E-state index in [0.29, 0.717) is 19.3 Å². The van der Waals surface area contributed by atoms with E-state index in [1.807, 2.05) is 0 Å². The lowest BCUT2D eigenvalue weighted by atomic mass is 9.99. The minimum Gasteiger partial charge on any atom is -0.462 e. The largest absolute Gasteiger partial charge is 0.462 e. The lowest BCUT2D eigenvalue weighted by Gasteiger charge is -2.18. The number of unbranched alkanes of at least 4 members (excludes halogenated alkanes) is 28. The first-order valence-electron chi connectivity index (χ1n) is 23.4. The zero-order chi connectivity index (χ0) is 38.9. The molecule has 1 unspecified atom stereocenters. The molecule has 0 saturated carbocycles. The van der Waals surface area contributed by atoms with Gasteiger partial charge < -0.3 is 14.2 Å². The average molecular weight is 751 g/mol. The average Bonchev–Trinajstić information content (AvgIpc) is 3.15. The summed E-state index contributed by atoms with van der Waals surface area (Å²) in [6.45, 7) is 9.01. The zero-order valence-corrected chi connectivity index (χ0v) is 36.0. The molecule has 0 aromatic heterocycles. The van der Waals surface area contributed by atoms with E-state index in [0.717, 1.165) is 63.7 Å². The Morgan fingerprint density at radius 1 is 0.377 bits per heavy atom. The minimum atomic E-state index is -0.758. The van der Waals surface area contributed by atoms with Gasteiger partial charge in [-0.3, -0.25) is 14.4 Å². The van der Waals surface area contributed by atoms with Crippen LogP contribution in [0.5, 0.6) is 0 Å². The number of hydrogen-bond donors (Lipinski definition) is 0. The lowest BCUT2D eigenvalue weighted by molar-refractivity contribution is -0.167. The maximum Gasteiger partial charge on any atom is 0.306 e. The third-order valence-corrected chi connectivity index (χ3v) is 10.9. The van der Waals surface area contributed by atoms with Crippen molar-refractivity contribution in [2.24, 2.45) is 5.92 Å². The smallest absolute Gasteiger partial charge is 0.306 e. The van der Waals surface area contributed by atoms with Gasteiger partial charge in [-0.1, -0.05) is 220 Å². The Bertz CT molecular complexity index is 798. The van der Waals surface area contributed by atoms with Crippen LogP contribution in [0.4, 0.5) is 0 Å². The molecule has 0 radical (unpaired) electrons. The molecule has 0 aromatic carbocycles. The third-order valence-electron chi connectivity index (χ3n) is 10.9. The van der Waals surface area contributed by atoms with Gasteiger partial charge in [-0.05, 0) is 25.2 Å². The Balaban J connectivity index is 4.31. The molecule has 0 aromatic rings. The van der Waals surface area contributed by atoms with Crippen LogP contribution in [0.15, 0.2) is 0 Å². The van der Waals surface area contributed by atoms with Crippen molar-refractivity contribution in [3.63, 3.8) is 0 Å². The van der Waals surface area contributed by atoms with Gasteiger partial charge in [0.25, 0.3) is 0 Å². The summed E-state index contributed by atoms with van der Waals surface area (Å²) in [5.41, 5.74) is 0. The van der Waals surface area contributed by atoms with E-state index < -0.39 is 6.10 Å². The lowest BCUT2D eigenvalue weighted by Crippen LogP contribution is -2.30. The highest BCUT2D eigenvalue weighted by atomic mass is 16.6. The third kappa shape index (κ3) is 39.9. The fraction of sp³-hybridized carbons (Fsp3) is 0.936. The standard InChI is InChI=1S/C47H90O6/c1-5-8-10-12-14-16-18-24-28-32-36-40-47(50)53-44(41-51-45(48)38-34-30-26-22-17-15-13-11-9-6-2)42-52-46(49)39-35-31-27-23-20-19-21-25-29-33-37-43(4)7-3/h43-44H,5-42H2,1-4H3/t43?,44-/m1/s1. The monoisotopic (exact) mass is 751 g/mol. The van der Waals surface area contributed by atoms with E-state index in [-0.39, 0.29) is 31.1 Å². The summed E-state index contributed by atoms with van der Waals surface area (Å²) in [5.74, 6) is 0.0157. The van der Waals surface area contributed by atoms with E-state index in [1.54, 1.807) is 0 Å². The van der Waals surface area contributed by atoms with Crippen LogP contribution >= 0.6 is 0 Å². The summed E-state index contributed by atoms with van der Waals surface area (Å²) >= 11 is 0. The molecule has 0 spiro atoms. The van der Waals surface area contributed by atoms with Crippen molar-refractivity contribution in [1.82, 2.24) is 0 Å². The molecule has 53 heavy (non-hydrogen) atoms. The predicted octanol–water partition coefficient (Wildman–Crippen LogP) is 14.7. The molecule has 0 heterocycles. The van der Waals surface area contributed by atoms with Crippen LogP contribution in [-0.4, -0.2) is 37.2 Å². The van der Waals surface area contributed by atoms with E-state index >= 15 is 0 Å². The van der Waals surface area contributed by atoms with Crippen molar-refractivity contribution in [3.8, 4) is 0 Å². The highest BCUT2D eigenvalue weighted by Gasteiger charge is 2.19. The van der Waals surface area contributed by atoms with Gasteiger partial charge in [-0.2, -0.15) is 0 Å². The predicted molar refractivity (Wildman–Crippen MR) is 224 cm³/mol. The maximum atomic E-state index is 12.7. The summed E-state index contributed by atoms with van der Waals surface area (Å²) in [6, 6.07) is 0. The van der Waals surface area contributed by atoms with Crippen molar-refractivity contribution >= 4 is 17.9 Å². The second-order valence-corrected chi connectivity index (χ2v) is 16.3. The van der Waals surface area contributed by atoms with Crippen molar-refractivity contribution in [1.29, 1.82) is 0 Å². The van der Waals surface area contributed by atoms with Crippen LogP contribution in [0.2, 0.25) is 0 Å². The number of rotatable bonds is 42. The molecule has 0 aliphatic heterocycles. The van der Waals surface area contributed by atoms with Crippen molar-refractivity contribution in [3.05, 3.63) is 0 Å². The molecule has 314 valence electrons. The summed E-state index contributed by atoms with van der Waals surface area (Å²) in [4.78, 5) is 37.7. The van der Waals surface area contributed by atoms with Gasteiger partial charge in [-0.15, -0.1) is 0 Å². The van der Waals surface area contributed by atoms with Crippen LogP contribution in [0, 0.1) is 5.92 Å². The van der Waals surface area contributed by atoms with Gasteiger partial charge in [0.1, 0.15) is 13.2 Å². The Labute approximate surface area is 329 Å². The topological polar surface area (TPSA) is 78.9 Å². The van der Waals surface area contributed by atoms with E-state index in [9.17, 15) is 14.4 Å². The summed E-state index contributed by atoms with van der Waals surface area (Å²) < 4.78 is 16.7. The first kappa shape index (κ1) is 51.4. The van der Waals surface area contributed by atoms with E-state index in [2.05, 4.69) is 27.7 Å². The first-order chi connectivity index (χ1) is 25.9. The van der Waals surface area contributed by atoms with Crippen LogP contribution in [0.1, 0.15) is 259 Å². The van der Waals surface area contributed by atoms with Crippen molar-refractivity contribution < 1.29 is 28.6 Å². The Hall–Kier alpha value is -1.59. The number of hydrogen-bond acceptors (Lipinski definition) is 6. The zero-order valence-electron chi connectivity index (χ0n) is 36.0. The Morgan fingerprint density at radius 3 is 0.981 bits per heavy atom. The van der Waals surface area contributed by atoms with Crippen LogP contribution < -0.4 is 0 Å². The highest BCUT2D eigenvalue weighted by molar-refractivity contribution is 5.71. The van der Waals surface area contributed by atoms with Crippen LogP contribution in [0.3, 0.4) is 0 Å². The highest BCUT2D eigenvalue weighted by Crippen LogP contribution is 2.17. The van der Waals surface area contributed by atoms with Gasteiger partial charge in [-0.25, -0.2) is 0 Å². The molecule has 6 heteroatoms. The molecule has 0 amide bonds. The number of carbonyl (C=O) groups is 3. The second kappa shape index (κ2) is 41.6. The normalized spacial score (nSPS) is 12.5. The van der Waals surface area contributed by atoms with Gasteiger partial charge in [0.2, 0.25) is 0 Å². The molecule has 0 N–H and O–H groups in total. The number of carbonyl (C=O) groups excluding carboxylic acids is 3. The van der Waals surface area contributed by atoms with E-state index in [1.165, 1.54) is 154 Å². The molecule has 2 atom stereocenters. The van der Waals surface area contributed by atoms with Crippen LogP contribution in [0.25, 0.3) is 0 Å². The molecular formula is C47H90O6. The first-order valence-corrected chi connectivity index (χ1v) is 23.4. The fourth-order valence-electron chi connectivity index (χ4n) is 6.95. The number of ether oxygens (including phenoxy) is 3. The number of esters is 3. The quantitative estimate of drug-likeness (QED) is 0.0351. The van der Waals surface area contributed by atoms with Crippen molar-refractivity contribution in [2.45, 2.75) is 265 Å². The summed E-state index contributed by atoms with van der Waals surface area (Å²) in [5, 5.41) is 0. The van der Waals surface area contributed by atoms with E-state index in [4.69, 9.17) is 14.2 Å². The molecule has 0 aliphatic rings. The molecule has 0 fully saturated rings. The summed E-state index contributed by atoms with van der Waals surface area (Å²) in [6.07, 6.45) is 40.7. The SMILES string of the molecule is CCCCCCCCCCCCCC(=O)O[C@H](COC(=O)CCCCCCCCCCCC)COC(=O)CCCCCCCCCCCCC(C)CC. The molecule has 0 bridgehead atoms. The summed E-state index contributed by atoms with van der Waals surface area (Å²) in [7, 11) is 0. The fourth-order valence-corrected chi connectivity index (χ4v) is 6.95. The molecule has 0 saturated heterocycles. The molecule has 0 rings (SSSR count). The van der Waals surface area contributed by atoms with Gasteiger partial charge in [0, 0.05) is 19.3 Å².